The molecule has 0 amide bonds. The van der Waals surface area contributed by atoms with Gasteiger partial charge in [-0.25, -0.2) is 14.4 Å². The fourth-order valence-corrected chi connectivity index (χ4v) is 2.38. The molecule has 0 fully saturated rings. The highest BCUT2D eigenvalue weighted by Gasteiger charge is 2.10. The zero-order chi connectivity index (χ0) is 15.4. The summed E-state index contributed by atoms with van der Waals surface area (Å²) < 4.78 is 13.5. The van der Waals surface area contributed by atoms with Crippen LogP contribution in [-0.2, 0) is 6.54 Å². The van der Waals surface area contributed by atoms with Gasteiger partial charge in [0, 0.05) is 29.1 Å². The Kier molecular flexibility index (Phi) is 5.02. The molecule has 4 heteroatoms. The second kappa shape index (κ2) is 6.76. The van der Waals surface area contributed by atoms with Crippen LogP contribution in [0.25, 0.3) is 11.4 Å². The molecule has 0 radical (unpaired) electrons. The van der Waals surface area contributed by atoms with Crippen molar-refractivity contribution in [3.63, 3.8) is 0 Å². The summed E-state index contributed by atoms with van der Waals surface area (Å²) in [4.78, 5) is 9.09. The lowest BCUT2D eigenvalue weighted by Gasteiger charge is -2.12. The van der Waals surface area contributed by atoms with Gasteiger partial charge in [-0.05, 0) is 57.5 Å². The molecule has 1 N–H and O–H groups in total. The molecule has 112 valence electrons. The van der Waals surface area contributed by atoms with Crippen molar-refractivity contribution in [3.8, 4) is 11.4 Å². The predicted molar refractivity (Wildman–Crippen MR) is 83.6 cm³/mol. The number of halogens is 1. The molecule has 0 atom stereocenters. The van der Waals surface area contributed by atoms with E-state index in [2.05, 4.69) is 22.2 Å². The highest BCUT2D eigenvalue weighted by atomic mass is 19.1. The number of aromatic nitrogens is 2. The number of hydrogen-bond donors (Lipinski definition) is 1. The zero-order valence-electron chi connectivity index (χ0n) is 13.1. The normalized spacial score (nSPS) is 10.9. The lowest BCUT2D eigenvalue weighted by Crippen LogP contribution is -2.17. The first-order valence-electron chi connectivity index (χ1n) is 7.33. The average molecular weight is 287 g/mol. The topological polar surface area (TPSA) is 37.8 Å². The summed E-state index contributed by atoms with van der Waals surface area (Å²) in [5.74, 6) is 0.337. The molecule has 0 saturated carbocycles. The standard InChI is InChI=1S/C17H22FN3/c1-5-6-19-10-16-12(3)20-17(21-13(16)4)14-7-11(2)8-15(18)9-14/h7-9,19H,5-6,10H2,1-4H3. The Hall–Kier alpha value is -1.81. The van der Waals surface area contributed by atoms with Crippen molar-refractivity contribution >= 4 is 0 Å². The fourth-order valence-electron chi connectivity index (χ4n) is 2.38. The van der Waals surface area contributed by atoms with Crippen molar-refractivity contribution in [1.82, 2.24) is 15.3 Å². The van der Waals surface area contributed by atoms with Gasteiger partial charge in [-0.1, -0.05) is 6.92 Å². The van der Waals surface area contributed by atoms with Crippen LogP contribution in [0.3, 0.4) is 0 Å². The van der Waals surface area contributed by atoms with Gasteiger partial charge >= 0.3 is 0 Å². The molecule has 21 heavy (non-hydrogen) atoms. The van der Waals surface area contributed by atoms with Crippen LogP contribution in [0.1, 0.15) is 35.9 Å². The number of nitrogens with one attached hydrogen (secondary N) is 1. The first kappa shape index (κ1) is 15.6. The first-order valence-corrected chi connectivity index (χ1v) is 7.33. The predicted octanol–water partition coefficient (Wildman–Crippen LogP) is 3.71. The van der Waals surface area contributed by atoms with Crippen molar-refractivity contribution in [2.45, 2.75) is 40.7 Å². The van der Waals surface area contributed by atoms with Crippen molar-refractivity contribution < 1.29 is 4.39 Å². The summed E-state index contributed by atoms with van der Waals surface area (Å²) in [6, 6.07) is 4.90. The summed E-state index contributed by atoms with van der Waals surface area (Å²) in [5, 5.41) is 3.37. The highest BCUT2D eigenvalue weighted by Crippen LogP contribution is 2.21. The van der Waals surface area contributed by atoms with E-state index in [0.717, 1.165) is 47.6 Å². The summed E-state index contributed by atoms with van der Waals surface area (Å²) >= 11 is 0. The van der Waals surface area contributed by atoms with Gasteiger partial charge in [-0.15, -0.1) is 0 Å². The minimum atomic E-state index is -0.252. The van der Waals surface area contributed by atoms with Crippen molar-refractivity contribution in [1.29, 1.82) is 0 Å². The van der Waals surface area contributed by atoms with E-state index in [-0.39, 0.29) is 5.82 Å². The molecule has 1 aromatic carbocycles. The minimum Gasteiger partial charge on any atom is -0.313 e. The third kappa shape index (κ3) is 3.85. The zero-order valence-corrected chi connectivity index (χ0v) is 13.1. The quantitative estimate of drug-likeness (QED) is 0.852. The molecule has 0 unspecified atom stereocenters. The van der Waals surface area contributed by atoms with Crippen LogP contribution in [0.15, 0.2) is 18.2 Å². The second-order valence-electron chi connectivity index (χ2n) is 5.39. The largest absolute Gasteiger partial charge is 0.313 e. The van der Waals surface area contributed by atoms with Crippen LogP contribution >= 0.6 is 0 Å². The lowest BCUT2D eigenvalue weighted by molar-refractivity contribution is 0.627. The summed E-state index contributed by atoms with van der Waals surface area (Å²) in [5.41, 5.74) is 4.62. The Balaban J connectivity index is 2.34. The Morgan fingerprint density at radius 3 is 2.29 bits per heavy atom. The Morgan fingerprint density at radius 2 is 1.71 bits per heavy atom. The van der Waals surface area contributed by atoms with E-state index in [1.807, 2.05) is 26.8 Å². The highest BCUT2D eigenvalue weighted by molar-refractivity contribution is 5.57. The lowest BCUT2D eigenvalue weighted by atomic mass is 10.1. The van der Waals surface area contributed by atoms with Crippen LogP contribution in [0.5, 0.6) is 0 Å². The number of nitrogens with zero attached hydrogens (tertiary/aromatic N) is 2. The van der Waals surface area contributed by atoms with Crippen molar-refractivity contribution in [2.24, 2.45) is 0 Å². The summed E-state index contributed by atoms with van der Waals surface area (Å²) in [6.07, 6.45) is 1.10. The van der Waals surface area contributed by atoms with Gasteiger partial charge in [0.1, 0.15) is 5.82 Å². The maximum absolute atomic E-state index is 13.5. The van der Waals surface area contributed by atoms with Gasteiger partial charge in [0.15, 0.2) is 5.82 Å². The van der Waals surface area contributed by atoms with E-state index < -0.39 is 0 Å². The SMILES string of the molecule is CCCNCc1c(C)nc(-c2cc(C)cc(F)c2)nc1C. The Morgan fingerprint density at radius 1 is 1.05 bits per heavy atom. The van der Waals surface area contributed by atoms with Crippen molar-refractivity contribution in [2.75, 3.05) is 6.54 Å². The Labute approximate surface area is 125 Å². The molecule has 0 aliphatic carbocycles. The second-order valence-corrected chi connectivity index (χ2v) is 5.39. The number of rotatable bonds is 5. The van der Waals surface area contributed by atoms with Crippen LogP contribution in [0.2, 0.25) is 0 Å². The maximum Gasteiger partial charge on any atom is 0.159 e. The molecule has 0 aliphatic rings. The van der Waals surface area contributed by atoms with Crippen molar-refractivity contribution in [3.05, 3.63) is 46.5 Å². The fraction of sp³-hybridized carbons (Fsp3) is 0.412. The van der Waals surface area contributed by atoms with Crippen LogP contribution < -0.4 is 5.32 Å². The summed E-state index contributed by atoms with van der Waals surface area (Å²) in [6.45, 7) is 9.71. The molecular formula is C17H22FN3. The van der Waals surface area contributed by atoms with Gasteiger partial charge in [-0.2, -0.15) is 0 Å². The molecule has 0 aliphatic heterocycles. The Bertz CT molecular complexity index is 595. The minimum absolute atomic E-state index is 0.252. The molecule has 0 bridgehead atoms. The van der Waals surface area contributed by atoms with Gasteiger partial charge < -0.3 is 5.32 Å². The maximum atomic E-state index is 13.5. The van der Waals surface area contributed by atoms with Crippen LogP contribution in [0, 0.1) is 26.6 Å². The number of aryl methyl sites for hydroxylation is 3. The van der Waals surface area contributed by atoms with E-state index in [0.29, 0.717) is 5.82 Å². The number of hydrogen-bond acceptors (Lipinski definition) is 3. The molecular weight excluding hydrogens is 265 g/mol. The molecule has 2 aromatic rings. The molecule has 3 nitrogen and oxygen atoms in total. The van der Waals surface area contributed by atoms with Gasteiger partial charge in [0.05, 0.1) is 0 Å². The van der Waals surface area contributed by atoms with Gasteiger partial charge in [-0.3, -0.25) is 0 Å². The van der Waals surface area contributed by atoms with E-state index in [1.165, 1.54) is 12.1 Å². The molecule has 1 aromatic heterocycles. The average Bonchev–Trinajstić information content (AvgIpc) is 2.40. The number of benzene rings is 1. The monoisotopic (exact) mass is 287 g/mol. The molecule has 1 heterocycles. The van der Waals surface area contributed by atoms with Gasteiger partial charge in [0.2, 0.25) is 0 Å². The smallest absolute Gasteiger partial charge is 0.159 e. The van der Waals surface area contributed by atoms with E-state index in [9.17, 15) is 4.39 Å². The third-order valence-electron chi connectivity index (χ3n) is 3.45. The van der Waals surface area contributed by atoms with E-state index in [1.54, 1.807) is 0 Å². The molecule has 0 spiro atoms. The first-order chi connectivity index (χ1) is 10.0. The van der Waals surface area contributed by atoms with E-state index in [4.69, 9.17) is 0 Å². The van der Waals surface area contributed by atoms with Gasteiger partial charge in [0.25, 0.3) is 0 Å². The molecule has 0 saturated heterocycles. The van der Waals surface area contributed by atoms with Crippen LogP contribution in [-0.4, -0.2) is 16.5 Å². The third-order valence-corrected chi connectivity index (χ3v) is 3.45. The molecule has 2 rings (SSSR count). The summed E-state index contributed by atoms with van der Waals surface area (Å²) in [7, 11) is 0. The van der Waals surface area contributed by atoms with Crippen LogP contribution in [0.4, 0.5) is 4.39 Å². The van der Waals surface area contributed by atoms with E-state index >= 15 is 0 Å².